The quantitative estimate of drug-likeness (QED) is 0.332. The highest BCUT2D eigenvalue weighted by atomic mass is 35.5. The van der Waals surface area contributed by atoms with Crippen molar-refractivity contribution in [1.29, 1.82) is 0 Å². The number of pyridine rings is 1. The highest BCUT2D eigenvalue weighted by Crippen LogP contribution is 2.29. The van der Waals surface area contributed by atoms with Crippen LogP contribution in [-0.4, -0.2) is 29.9 Å². The summed E-state index contributed by atoms with van der Waals surface area (Å²) in [6.45, 7) is 3.38. The zero-order valence-corrected chi connectivity index (χ0v) is 19.7. The Morgan fingerprint density at radius 3 is 2.55 bits per heavy atom. The summed E-state index contributed by atoms with van der Waals surface area (Å²) in [5.74, 6) is -1.80. The van der Waals surface area contributed by atoms with Crippen molar-refractivity contribution < 1.29 is 17.6 Å². The molecular weight excluding hydrogens is 463 g/mol. The van der Waals surface area contributed by atoms with Crippen molar-refractivity contribution in [2.75, 3.05) is 5.75 Å². The third-order valence-electron chi connectivity index (χ3n) is 5.50. The van der Waals surface area contributed by atoms with Gasteiger partial charge in [-0.1, -0.05) is 42.8 Å². The molecule has 0 amide bonds. The zero-order chi connectivity index (χ0) is 23.8. The van der Waals surface area contributed by atoms with Crippen LogP contribution in [0.1, 0.15) is 40.4 Å². The average Bonchev–Trinajstić information content (AvgIpc) is 3.19. The van der Waals surface area contributed by atoms with Gasteiger partial charge < -0.3 is 4.98 Å². The van der Waals surface area contributed by atoms with Crippen LogP contribution in [0.2, 0.25) is 5.02 Å². The smallest absolute Gasteiger partial charge is 0.198 e. The van der Waals surface area contributed by atoms with Crippen LogP contribution >= 0.6 is 11.6 Å². The van der Waals surface area contributed by atoms with E-state index in [1.54, 1.807) is 38.2 Å². The number of hydrogen-bond acceptors (Lipinski definition) is 4. The van der Waals surface area contributed by atoms with E-state index < -0.39 is 27.2 Å². The number of halogens is 2. The third-order valence-corrected chi connectivity index (χ3v) is 7.53. The normalized spacial score (nSPS) is 11.8. The van der Waals surface area contributed by atoms with E-state index in [1.165, 1.54) is 12.3 Å². The summed E-state index contributed by atoms with van der Waals surface area (Å²) in [6.07, 6.45) is 3.63. The van der Waals surface area contributed by atoms with Crippen molar-refractivity contribution in [3.63, 3.8) is 0 Å². The van der Waals surface area contributed by atoms with Crippen LogP contribution in [0.5, 0.6) is 0 Å². The van der Waals surface area contributed by atoms with Gasteiger partial charge in [-0.25, -0.2) is 17.8 Å². The number of carbonyl (C=O) groups excluding carboxylic acids is 1. The molecule has 0 aliphatic carbocycles. The first-order chi connectivity index (χ1) is 15.7. The minimum absolute atomic E-state index is 0.00257. The molecule has 5 nitrogen and oxygen atoms in total. The fourth-order valence-electron chi connectivity index (χ4n) is 3.85. The van der Waals surface area contributed by atoms with Crippen molar-refractivity contribution in [2.24, 2.45) is 0 Å². The van der Waals surface area contributed by atoms with Gasteiger partial charge >= 0.3 is 0 Å². The van der Waals surface area contributed by atoms with Crippen molar-refractivity contribution >= 4 is 38.3 Å². The Hall–Kier alpha value is -3.03. The molecule has 2 aromatic heterocycles. The maximum absolute atomic E-state index is 15.4. The lowest BCUT2D eigenvalue weighted by molar-refractivity contribution is 0.103. The first-order valence-electron chi connectivity index (χ1n) is 10.5. The Kier molecular flexibility index (Phi) is 6.36. The van der Waals surface area contributed by atoms with E-state index in [1.807, 2.05) is 18.2 Å². The molecule has 0 unspecified atom stereocenters. The SMILES string of the molecule is CCCS(=O)(=O)Cc1ccc(C)c(C(=O)c2c[nH]c3ncc(-c4ccc(Cl)cc4)cc23)c1F. The van der Waals surface area contributed by atoms with Crippen LogP contribution in [0.3, 0.4) is 0 Å². The third kappa shape index (κ3) is 4.70. The van der Waals surface area contributed by atoms with Gasteiger partial charge in [-0.15, -0.1) is 0 Å². The fourth-order valence-corrected chi connectivity index (χ4v) is 5.44. The van der Waals surface area contributed by atoms with Crippen LogP contribution in [0.4, 0.5) is 4.39 Å². The average molecular weight is 485 g/mol. The standard InChI is InChI=1S/C25H22ClFN2O3S/c1-3-10-33(31,32)14-17-5-4-15(2)22(23(17)27)24(30)21-13-29-25-20(21)11-18(12-28-25)16-6-8-19(26)9-7-16/h4-9,11-13H,3,10,14H2,1-2H3,(H,28,29). The summed E-state index contributed by atoms with van der Waals surface area (Å²) in [4.78, 5) is 20.8. The highest BCUT2D eigenvalue weighted by Gasteiger charge is 2.24. The number of aromatic nitrogens is 2. The second-order valence-electron chi connectivity index (χ2n) is 7.98. The number of carbonyl (C=O) groups is 1. The number of benzene rings is 2. The van der Waals surface area contributed by atoms with E-state index in [0.717, 1.165) is 11.1 Å². The van der Waals surface area contributed by atoms with Gasteiger partial charge in [-0.2, -0.15) is 0 Å². The molecule has 170 valence electrons. The van der Waals surface area contributed by atoms with Crippen molar-refractivity contribution in [2.45, 2.75) is 26.0 Å². The Morgan fingerprint density at radius 1 is 1.12 bits per heavy atom. The molecule has 0 saturated carbocycles. The lowest BCUT2D eigenvalue weighted by Gasteiger charge is -2.11. The van der Waals surface area contributed by atoms with Gasteiger partial charge in [0, 0.05) is 39.5 Å². The molecule has 0 fully saturated rings. The van der Waals surface area contributed by atoms with Crippen LogP contribution in [0.15, 0.2) is 54.9 Å². The molecule has 8 heteroatoms. The van der Waals surface area contributed by atoms with Crippen LogP contribution < -0.4 is 0 Å². The van der Waals surface area contributed by atoms with E-state index in [-0.39, 0.29) is 22.4 Å². The Labute approximate surface area is 196 Å². The van der Waals surface area contributed by atoms with Crippen LogP contribution in [0, 0.1) is 12.7 Å². The molecule has 0 atom stereocenters. The Morgan fingerprint density at radius 2 is 1.85 bits per heavy atom. The molecule has 0 saturated heterocycles. The molecular formula is C25H22ClFN2O3S. The van der Waals surface area contributed by atoms with E-state index in [4.69, 9.17) is 11.6 Å². The second-order valence-corrected chi connectivity index (χ2v) is 10.6. The minimum Gasteiger partial charge on any atom is -0.345 e. The summed E-state index contributed by atoms with van der Waals surface area (Å²) in [5.41, 5.74) is 2.72. The number of aryl methyl sites for hydroxylation is 1. The lowest BCUT2D eigenvalue weighted by atomic mass is 9.96. The van der Waals surface area contributed by atoms with Gasteiger partial charge in [0.15, 0.2) is 15.6 Å². The Bertz CT molecular complexity index is 1460. The van der Waals surface area contributed by atoms with E-state index in [2.05, 4.69) is 9.97 Å². The van der Waals surface area contributed by atoms with Gasteiger partial charge in [0.2, 0.25) is 0 Å². The summed E-state index contributed by atoms with van der Waals surface area (Å²) < 4.78 is 39.9. The predicted octanol–water partition coefficient (Wildman–Crippen LogP) is 5.89. The van der Waals surface area contributed by atoms with Crippen molar-refractivity contribution in [3.8, 4) is 11.1 Å². The molecule has 0 bridgehead atoms. The highest BCUT2D eigenvalue weighted by molar-refractivity contribution is 7.90. The predicted molar refractivity (Wildman–Crippen MR) is 129 cm³/mol. The van der Waals surface area contributed by atoms with E-state index in [0.29, 0.717) is 28.0 Å². The largest absolute Gasteiger partial charge is 0.345 e. The number of nitrogens with one attached hydrogen (secondary N) is 1. The molecule has 2 aromatic carbocycles. The molecule has 0 aliphatic heterocycles. The second kappa shape index (κ2) is 9.08. The van der Waals surface area contributed by atoms with Crippen molar-refractivity contribution in [3.05, 3.63) is 88.0 Å². The fraction of sp³-hybridized carbons (Fsp3) is 0.200. The number of H-pyrrole nitrogens is 1. The number of nitrogens with zero attached hydrogens (tertiary/aromatic N) is 1. The van der Waals surface area contributed by atoms with Crippen LogP contribution in [-0.2, 0) is 15.6 Å². The molecule has 33 heavy (non-hydrogen) atoms. The number of hydrogen-bond donors (Lipinski definition) is 1. The summed E-state index contributed by atoms with van der Waals surface area (Å²) in [7, 11) is -3.47. The van der Waals surface area contributed by atoms with Gasteiger partial charge in [-0.3, -0.25) is 4.79 Å². The van der Waals surface area contributed by atoms with Gasteiger partial charge in [0.1, 0.15) is 11.5 Å². The zero-order valence-electron chi connectivity index (χ0n) is 18.2. The minimum atomic E-state index is -3.47. The molecule has 4 aromatic rings. The molecule has 0 aliphatic rings. The monoisotopic (exact) mass is 484 g/mol. The summed E-state index contributed by atoms with van der Waals surface area (Å²) >= 11 is 5.97. The van der Waals surface area contributed by atoms with Crippen molar-refractivity contribution in [1.82, 2.24) is 9.97 Å². The molecule has 0 radical (unpaired) electrons. The maximum atomic E-state index is 15.4. The molecule has 4 rings (SSSR count). The number of aromatic amines is 1. The Balaban J connectivity index is 1.78. The maximum Gasteiger partial charge on any atom is 0.198 e. The number of rotatable bonds is 7. The number of fused-ring (bicyclic) bond motifs is 1. The first-order valence-corrected chi connectivity index (χ1v) is 12.7. The lowest BCUT2D eigenvalue weighted by Crippen LogP contribution is -2.13. The van der Waals surface area contributed by atoms with E-state index in [9.17, 15) is 13.2 Å². The van der Waals surface area contributed by atoms with Gasteiger partial charge in [0.05, 0.1) is 17.1 Å². The topological polar surface area (TPSA) is 79.9 Å². The summed E-state index contributed by atoms with van der Waals surface area (Å²) in [5, 5.41) is 1.16. The van der Waals surface area contributed by atoms with Gasteiger partial charge in [0.25, 0.3) is 0 Å². The molecule has 0 spiro atoms. The van der Waals surface area contributed by atoms with E-state index >= 15 is 4.39 Å². The van der Waals surface area contributed by atoms with Gasteiger partial charge in [-0.05, 0) is 42.7 Å². The molecule has 2 heterocycles. The number of sulfone groups is 1. The number of ketones is 1. The van der Waals surface area contributed by atoms with Crippen LogP contribution in [0.25, 0.3) is 22.2 Å². The molecule has 1 N–H and O–H groups in total. The first kappa shape index (κ1) is 23.1. The summed E-state index contributed by atoms with van der Waals surface area (Å²) in [6, 6.07) is 12.1.